The Labute approximate surface area is 204 Å². The topological polar surface area (TPSA) is 85.3 Å². The van der Waals surface area contributed by atoms with Gasteiger partial charge in [-0.1, -0.05) is 43.3 Å². The van der Waals surface area contributed by atoms with Crippen molar-refractivity contribution in [2.45, 2.75) is 19.4 Å². The van der Waals surface area contributed by atoms with Crippen molar-refractivity contribution in [2.24, 2.45) is 0 Å². The molecule has 180 valence electrons. The Morgan fingerprint density at radius 1 is 0.914 bits per heavy atom. The molecule has 7 nitrogen and oxygen atoms in total. The first-order valence-electron chi connectivity index (χ1n) is 11.3. The molecule has 0 radical (unpaired) electrons. The van der Waals surface area contributed by atoms with Crippen molar-refractivity contribution < 1.29 is 28.9 Å². The minimum Gasteiger partial charge on any atom is -0.507 e. The van der Waals surface area contributed by atoms with Crippen LogP contribution in [0.4, 0.5) is 5.69 Å². The van der Waals surface area contributed by atoms with Crippen molar-refractivity contribution in [3.8, 4) is 17.2 Å². The van der Waals surface area contributed by atoms with Crippen LogP contribution in [0.2, 0.25) is 0 Å². The van der Waals surface area contributed by atoms with Gasteiger partial charge in [0.1, 0.15) is 23.0 Å². The number of aliphatic hydroxyl groups excluding tert-OH is 1. The van der Waals surface area contributed by atoms with E-state index in [1.165, 1.54) is 19.1 Å². The summed E-state index contributed by atoms with van der Waals surface area (Å²) in [7, 11) is 3.03. The molecule has 3 aromatic rings. The van der Waals surface area contributed by atoms with Gasteiger partial charge in [0.05, 0.1) is 32.4 Å². The fourth-order valence-electron chi connectivity index (χ4n) is 4.15. The molecule has 35 heavy (non-hydrogen) atoms. The minimum absolute atomic E-state index is 0.0346. The van der Waals surface area contributed by atoms with Gasteiger partial charge < -0.3 is 19.3 Å². The predicted octanol–water partition coefficient (Wildman–Crippen LogP) is 5.12. The number of Topliss-reactive ketones (excluding diaryl/α,β-unsaturated/α-hetero) is 1. The smallest absolute Gasteiger partial charge is 0.300 e. The van der Waals surface area contributed by atoms with Crippen LogP contribution in [0.25, 0.3) is 5.76 Å². The summed E-state index contributed by atoms with van der Waals surface area (Å²) < 4.78 is 16.6. The lowest BCUT2D eigenvalue weighted by molar-refractivity contribution is -0.132. The first-order valence-corrected chi connectivity index (χ1v) is 11.3. The van der Waals surface area contributed by atoms with Crippen LogP contribution in [0.3, 0.4) is 0 Å². The highest BCUT2D eigenvalue weighted by atomic mass is 16.5. The van der Waals surface area contributed by atoms with Crippen molar-refractivity contribution in [3.63, 3.8) is 0 Å². The van der Waals surface area contributed by atoms with Gasteiger partial charge in [-0.05, 0) is 36.8 Å². The molecule has 0 aliphatic carbocycles. The number of hydrogen-bond donors (Lipinski definition) is 1. The molecule has 1 amide bonds. The number of amides is 1. The van der Waals surface area contributed by atoms with Gasteiger partial charge in [0.25, 0.3) is 11.7 Å². The first kappa shape index (κ1) is 23.9. The van der Waals surface area contributed by atoms with Crippen molar-refractivity contribution in [2.75, 3.05) is 25.7 Å². The second-order valence-electron chi connectivity index (χ2n) is 7.99. The van der Waals surface area contributed by atoms with Gasteiger partial charge in [-0.2, -0.15) is 0 Å². The molecule has 1 aliphatic rings. The largest absolute Gasteiger partial charge is 0.507 e. The molecule has 1 unspecified atom stereocenters. The summed E-state index contributed by atoms with van der Waals surface area (Å²) >= 11 is 0. The molecule has 4 rings (SSSR count). The molecule has 0 aromatic heterocycles. The van der Waals surface area contributed by atoms with Crippen LogP contribution >= 0.6 is 0 Å². The lowest BCUT2D eigenvalue weighted by atomic mass is 9.94. The molecule has 1 N–H and O–H groups in total. The van der Waals surface area contributed by atoms with Gasteiger partial charge in [0, 0.05) is 22.9 Å². The number of ether oxygens (including phenoxy) is 3. The average Bonchev–Trinajstić information content (AvgIpc) is 3.17. The number of hydrogen-bond acceptors (Lipinski definition) is 6. The van der Waals surface area contributed by atoms with E-state index in [2.05, 4.69) is 0 Å². The molecule has 1 saturated heterocycles. The van der Waals surface area contributed by atoms with Crippen LogP contribution in [0, 0.1) is 0 Å². The van der Waals surface area contributed by atoms with E-state index < -0.39 is 17.7 Å². The zero-order valence-corrected chi connectivity index (χ0v) is 19.9. The highest BCUT2D eigenvalue weighted by Crippen LogP contribution is 2.45. The summed E-state index contributed by atoms with van der Waals surface area (Å²) in [5.41, 5.74) is 1.37. The Bertz CT molecular complexity index is 1280. The first-order chi connectivity index (χ1) is 17.0. The third-order valence-corrected chi connectivity index (χ3v) is 5.79. The molecule has 1 aliphatic heterocycles. The van der Waals surface area contributed by atoms with Gasteiger partial charge in [0.2, 0.25) is 0 Å². The summed E-state index contributed by atoms with van der Waals surface area (Å²) in [6.45, 7) is 2.52. The second kappa shape index (κ2) is 10.3. The maximum atomic E-state index is 13.4. The van der Waals surface area contributed by atoms with E-state index in [0.29, 0.717) is 40.7 Å². The van der Waals surface area contributed by atoms with Crippen molar-refractivity contribution in [1.29, 1.82) is 0 Å². The van der Waals surface area contributed by atoms with E-state index in [-0.39, 0.29) is 11.3 Å². The molecule has 0 spiro atoms. The van der Waals surface area contributed by atoms with Gasteiger partial charge in [-0.25, -0.2) is 0 Å². The standard InChI is InChI=1S/C28H27NO6/c1-4-15-35-21-12-8-10-19(17-21)29-25(22-13-5-6-14-23(22)34-3)24(27(31)28(29)32)26(30)18-9-7-11-20(16-18)33-2/h5-14,16-17,25,30H,4,15H2,1-3H3/b26-24+. The number of methoxy groups -OCH3 is 2. The number of nitrogens with zero attached hydrogens (tertiary/aromatic N) is 1. The molecule has 7 heteroatoms. The lowest BCUT2D eigenvalue weighted by Crippen LogP contribution is -2.29. The summed E-state index contributed by atoms with van der Waals surface area (Å²) in [6.07, 6.45) is 0.830. The highest BCUT2D eigenvalue weighted by Gasteiger charge is 2.48. The number of carbonyl (C=O) groups is 2. The number of anilines is 1. The normalized spacial score (nSPS) is 16.9. The van der Waals surface area contributed by atoms with Gasteiger partial charge in [0.15, 0.2) is 0 Å². The SMILES string of the molecule is CCCOc1cccc(N2C(=O)C(=O)/C(=C(/O)c3cccc(OC)c3)C2c2ccccc2OC)c1. The zero-order valence-electron chi connectivity index (χ0n) is 19.9. The fraction of sp³-hybridized carbons (Fsp3) is 0.214. The number of rotatable bonds is 8. The Hall–Kier alpha value is -4.26. The molecular weight excluding hydrogens is 446 g/mol. The number of carbonyl (C=O) groups excluding carboxylic acids is 2. The molecule has 0 saturated carbocycles. The summed E-state index contributed by atoms with van der Waals surface area (Å²) in [5.74, 6) is -0.256. The monoisotopic (exact) mass is 473 g/mol. The van der Waals surface area contributed by atoms with Crippen LogP contribution in [0.15, 0.2) is 78.4 Å². The number of benzene rings is 3. The lowest BCUT2D eigenvalue weighted by Gasteiger charge is -2.27. The Morgan fingerprint density at radius 2 is 1.66 bits per heavy atom. The predicted molar refractivity (Wildman–Crippen MR) is 133 cm³/mol. The van der Waals surface area contributed by atoms with Crippen molar-refractivity contribution >= 4 is 23.1 Å². The number of para-hydroxylation sites is 1. The van der Waals surface area contributed by atoms with Crippen LogP contribution in [-0.2, 0) is 9.59 Å². The summed E-state index contributed by atoms with van der Waals surface area (Å²) in [6, 6.07) is 19.9. The van der Waals surface area contributed by atoms with Crippen LogP contribution in [-0.4, -0.2) is 37.6 Å². The Morgan fingerprint density at radius 3 is 2.40 bits per heavy atom. The van der Waals surface area contributed by atoms with Gasteiger partial charge in [-0.15, -0.1) is 0 Å². The molecule has 1 atom stereocenters. The molecule has 3 aromatic carbocycles. The summed E-state index contributed by atoms with van der Waals surface area (Å²) in [5, 5.41) is 11.3. The molecule has 1 fully saturated rings. The highest BCUT2D eigenvalue weighted by molar-refractivity contribution is 6.51. The average molecular weight is 474 g/mol. The van der Waals surface area contributed by atoms with E-state index in [1.807, 2.05) is 6.92 Å². The molecular formula is C28H27NO6. The zero-order chi connectivity index (χ0) is 24.9. The number of ketones is 1. The quantitative estimate of drug-likeness (QED) is 0.278. The van der Waals surface area contributed by atoms with E-state index in [4.69, 9.17) is 14.2 Å². The van der Waals surface area contributed by atoms with E-state index in [9.17, 15) is 14.7 Å². The minimum atomic E-state index is -0.918. The summed E-state index contributed by atoms with van der Waals surface area (Å²) in [4.78, 5) is 28.2. The van der Waals surface area contributed by atoms with Gasteiger partial charge in [-0.3, -0.25) is 14.5 Å². The maximum Gasteiger partial charge on any atom is 0.300 e. The van der Waals surface area contributed by atoms with Crippen LogP contribution in [0.1, 0.15) is 30.5 Å². The van der Waals surface area contributed by atoms with E-state index in [1.54, 1.807) is 72.8 Å². The Kier molecular flexibility index (Phi) is 7.06. The second-order valence-corrected chi connectivity index (χ2v) is 7.99. The maximum absolute atomic E-state index is 13.4. The van der Waals surface area contributed by atoms with Gasteiger partial charge >= 0.3 is 0 Å². The van der Waals surface area contributed by atoms with Crippen LogP contribution < -0.4 is 19.1 Å². The third-order valence-electron chi connectivity index (χ3n) is 5.79. The van der Waals surface area contributed by atoms with E-state index in [0.717, 1.165) is 6.42 Å². The molecule has 1 heterocycles. The van der Waals surface area contributed by atoms with Crippen LogP contribution in [0.5, 0.6) is 17.2 Å². The third kappa shape index (κ3) is 4.57. The van der Waals surface area contributed by atoms with E-state index >= 15 is 0 Å². The van der Waals surface area contributed by atoms with Crippen molar-refractivity contribution in [3.05, 3.63) is 89.5 Å². The molecule has 0 bridgehead atoms. The number of aliphatic hydroxyl groups is 1. The fourth-order valence-corrected chi connectivity index (χ4v) is 4.15. The van der Waals surface area contributed by atoms with Crippen molar-refractivity contribution in [1.82, 2.24) is 0 Å². The Balaban J connectivity index is 1.93.